The van der Waals surface area contributed by atoms with Gasteiger partial charge in [-0.1, -0.05) is 43.7 Å². The quantitative estimate of drug-likeness (QED) is 0.770. The van der Waals surface area contributed by atoms with Crippen LogP contribution in [0.3, 0.4) is 0 Å². The normalized spacial score (nSPS) is 21.4. The second-order valence-electron chi connectivity index (χ2n) is 7.98. The summed E-state index contributed by atoms with van der Waals surface area (Å²) in [6, 6.07) is 9.86. The average Bonchev–Trinajstić information content (AvgIpc) is 3.44. The molecule has 156 valence electrons. The van der Waals surface area contributed by atoms with Crippen molar-refractivity contribution >= 4 is 23.6 Å². The number of urea groups is 1. The van der Waals surface area contributed by atoms with Gasteiger partial charge in [0.05, 0.1) is 12.0 Å². The molecule has 2 aromatic rings. The first kappa shape index (κ1) is 19.9. The average molecular weight is 408 g/mol. The van der Waals surface area contributed by atoms with Crippen molar-refractivity contribution < 1.29 is 18.8 Å². The van der Waals surface area contributed by atoms with Crippen molar-refractivity contribution in [3.8, 4) is 0 Å². The predicted octanol–water partition coefficient (Wildman–Crippen LogP) is 2.84. The summed E-state index contributed by atoms with van der Waals surface area (Å²) < 4.78 is 5.53. The number of benzene rings is 1. The number of hydrazone groups is 1. The Morgan fingerprint density at radius 2 is 1.97 bits per heavy atom. The molecule has 30 heavy (non-hydrogen) atoms. The second-order valence-corrected chi connectivity index (χ2v) is 7.98. The third-order valence-electron chi connectivity index (χ3n) is 5.44. The number of imide groups is 1. The number of nitrogens with one attached hydrogen (secondary N) is 1. The van der Waals surface area contributed by atoms with Gasteiger partial charge in [-0.15, -0.1) is 0 Å². The van der Waals surface area contributed by atoms with E-state index in [1.54, 1.807) is 18.4 Å². The molecule has 2 aliphatic rings. The fraction of sp³-hybridized carbons (Fsp3) is 0.364. The molecule has 1 fully saturated rings. The van der Waals surface area contributed by atoms with Gasteiger partial charge < -0.3 is 9.73 Å². The number of rotatable bonds is 5. The summed E-state index contributed by atoms with van der Waals surface area (Å²) in [5.41, 5.74) is 2.80. The largest absolute Gasteiger partial charge is 0.467 e. The van der Waals surface area contributed by atoms with Gasteiger partial charge in [0.25, 0.3) is 11.8 Å². The molecule has 8 heteroatoms. The zero-order valence-electron chi connectivity index (χ0n) is 17.2. The molecule has 4 rings (SSSR count). The lowest BCUT2D eigenvalue weighted by molar-refractivity contribution is -0.139. The molecule has 1 aromatic carbocycles. The molecule has 2 unspecified atom stereocenters. The molecular formula is C22H24N4O4. The van der Waals surface area contributed by atoms with E-state index in [1.165, 1.54) is 5.01 Å². The maximum absolute atomic E-state index is 13.1. The van der Waals surface area contributed by atoms with Crippen LogP contribution in [-0.2, 0) is 9.59 Å². The minimum Gasteiger partial charge on any atom is -0.467 e. The van der Waals surface area contributed by atoms with Crippen LogP contribution in [0.25, 0.3) is 0 Å². The van der Waals surface area contributed by atoms with Crippen LogP contribution >= 0.6 is 0 Å². The van der Waals surface area contributed by atoms with Crippen LogP contribution in [-0.4, -0.2) is 46.1 Å². The highest BCUT2D eigenvalue weighted by atomic mass is 16.3. The lowest BCUT2D eigenvalue weighted by atomic mass is 10.0. The predicted molar refractivity (Wildman–Crippen MR) is 109 cm³/mol. The maximum Gasteiger partial charge on any atom is 0.325 e. The number of furan rings is 1. The smallest absolute Gasteiger partial charge is 0.325 e. The number of nitrogens with zero attached hydrogens (tertiary/aromatic N) is 3. The Bertz CT molecular complexity index is 995. The SMILES string of the molecule is Cc1ccc(C2=NN(C(=O)CN3C(=O)NC(C(C)C)C3=O)C(c3ccco3)C2)cc1. The Balaban J connectivity index is 1.59. The van der Waals surface area contributed by atoms with E-state index >= 15 is 0 Å². The number of hydrogen-bond acceptors (Lipinski definition) is 5. The first-order valence-corrected chi connectivity index (χ1v) is 9.97. The number of carbonyl (C=O) groups is 3. The van der Waals surface area contributed by atoms with Gasteiger partial charge in [0.2, 0.25) is 0 Å². The Morgan fingerprint density at radius 3 is 2.57 bits per heavy atom. The van der Waals surface area contributed by atoms with Gasteiger partial charge in [-0.25, -0.2) is 9.80 Å². The van der Waals surface area contributed by atoms with Crippen molar-refractivity contribution in [1.29, 1.82) is 0 Å². The van der Waals surface area contributed by atoms with Crippen molar-refractivity contribution in [1.82, 2.24) is 15.2 Å². The number of aryl methyl sites for hydroxylation is 1. The summed E-state index contributed by atoms with van der Waals surface area (Å²) in [7, 11) is 0. The lowest BCUT2D eigenvalue weighted by Crippen LogP contribution is -2.42. The van der Waals surface area contributed by atoms with E-state index in [0.717, 1.165) is 21.7 Å². The molecule has 1 aromatic heterocycles. The van der Waals surface area contributed by atoms with Crippen molar-refractivity contribution in [3.05, 3.63) is 59.5 Å². The molecule has 0 saturated carbocycles. The number of hydrogen-bond donors (Lipinski definition) is 1. The Labute approximate surface area is 174 Å². The Hall–Kier alpha value is -3.42. The molecule has 0 aliphatic carbocycles. The summed E-state index contributed by atoms with van der Waals surface area (Å²) in [5.74, 6) is -0.284. The molecular weight excluding hydrogens is 384 g/mol. The molecule has 1 N–H and O–H groups in total. The van der Waals surface area contributed by atoms with E-state index in [2.05, 4.69) is 10.4 Å². The van der Waals surface area contributed by atoms with Crippen molar-refractivity contribution in [2.75, 3.05) is 6.54 Å². The van der Waals surface area contributed by atoms with Crippen LogP contribution in [0, 0.1) is 12.8 Å². The lowest BCUT2D eigenvalue weighted by Gasteiger charge is -2.22. The molecule has 3 heterocycles. The monoisotopic (exact) mass is 408 g/mol. The summed E-state index contributed by atoms with van der Waals surface area (Å²) >= 11 is 0. The highest BCUT2D eigenvalue weighted by molar-refractivity contribution is 6.07. The van der Waals surface area contributed by atoms with E-state index in [-0.39, 0.29) is 18.4 Å². The van der Waals surface area contributed by atoms with Gasteiger partial charge in [-0.3, -0.25) is 14.5 Å². The second kappa shape index (κ2) is 7.78. The van der Waals surface area contributed by atoms with Crippen LogP contribution in [0.1, 0.15) is 43.2 Å². The van der Waals surface area contributed by atoms with Crippen LogP contribution in [0.5, 0.6) is 0 Å². The molecule has 8 nitrogen and oxygen atoms in total. The van der Waals surface area contributed by atoms with Crippen LogP contribution in [0.2, 0.25) is 0 Å². The summed E-state index contributed by atoms with van der Waals surface area (Å²) in [6.45, 7) is 5.33. The van der Waals surface area contributed by atoms with Gasteiger partial charge in [0.1, 0.15) is 24.4 Å². The Morgan fingerprint density at radius 1 is 1.23 bits per heavy atom. The molecule has 2 aliphatic heterocycles. The standard InChI is InChI=1S/C22H24N4O4/c1-13(2)20-21(28)25(22(29)23-20)12-19(27)26-17(18-5-4-10-30-18)11-16(24-26)15-8-6-14(3)7-9-15/h4-10,13,17,20H,11-12H2,1-3H3,(H,23,29). The van der Waals surface area contributed by atoms with E-state index in [0.29, 0.717) is 12.2 Å². The summed E-state index contributed by atoms with van der Waals surface area (Å²) in [6.07, 6.45) is 2.03. The fourth-order valence-corrected chi connectivity index (χ4v) is 3.71. The summed E-state index contributed by atoms with van der Waals surface area (Å²) in [5, 5.41) is 8.51. The van der Waals surface area contributed by atoms with Crippen LogP contribution in [0.15, 0.2) is 52.2 Å². The van der Waals surface area contributed by atoms with Crippen LogP contribution in [0.4, 0.5) is 4.79 Å². The van der Waals surface area contributed by atoms with Crippen molar-refractivity contribution in [2.45, 2.75) is 39.3 Å². The molecule has 2 atom stereocenters. The van der Waals surface area contributed by atoms with E-state index < -0.39 is 24.0 Å². The van der Waals surface area contributed by atoms with Crippen molar-refractivity contribution in [3.63, 3.8) is 0 Å². The third-order valence-corrected chi connectivity index (χ3v) is 5.44. The van der Waals surface area contributed by atoms with Gasteiger partial charge >= 0.3 is 6.03 Å². The fourth-order valence-electron chi connectivity index (χ4n) is 3.71. The highest BCUT2D eigenvalue weighted by Crippen LogP contribution is 2.33. The minimum atomic E-state index is -0.614. The van der Waals surface area contributed by atoms with Crippen LogP contribution < -0.4 is 5.32 Å². The van der Waals surface area contributed by atoms with E-state index in [9.17, 15) is 14.4 Å². The molecule has 0 radical (unpaired) electrons. The molecule has 0 bridgehead atoms. The maximum atomic E-state index is 13.1. The topological polar surface area (TPSA) is 95.2 Å². The first-order valence-electron chi connectivity index (χ1n) is 9.97. The first-order chi connectivity index (χ1) is 14.3. The number of carbonyl (C=O) groups excluding carboxylic acids is 3. The van der Waals surface area contributed by atoms with Crippen molar-refractivity contribution in [2.24, 2.45) is 11.0 Å². The highest BCUT2D eigenvalue weighted by Gasteiger charge is 2.43. The Kier molecular flexibility index (Phi) is 5.15. The molecule has 1 saturated heterocycles. The van der Waals surface area contributed by atoms with E-state index in [4.69, 9.17) is 4.42 Å². The van der Waals surface area contributed by atoms with Gasteiger partial charge in [-0.05, 0) is 30.5 Å². The molecule has 0 spiro atoms. The van der Waals surface area contributed by atoms with Gasteiger partial charge in [0, 0.05) is 6.42 Å². The minimum absolute atomic E-state index is 0.0598. The number of amides is 4. The zero-order chi connectivity index (χ0) is 21.4. The summed E-state index contributed by atoms with van der Waals surface area (Å²) in [4.78, 5) is 38.9. The van der Waals surface area contributed by atoms with Gasteiger partial charge in [0.15, 0.2) is 0 Å². The van der Waals surface area contributed by atoms with Gasteiger partial charge in [-0.2, -0.15) is 5.10 Å². The zero-order valence-corrected chi connectivity index (χ0v) is 17.2. The third kappa shape index (κ3) is 3.60. The van der Waals surface area contributed by atoms with E-state index in [1.807, 2.05) is 45.0 Å². The molecule has 4 amide bonds.